The van der Waals surface area contributed by atoms with Crippen molar-refractivity contribution in [3.63, 3.8) is 0 Å². The van der Waals surface area contributed by atoms with Gasteiger partial charge in [0.1, 0.15) is 11.5 Å². The normalized spacial score (nSPS) is 15.6. The summed E-state index contributed by atoms with van der Waals surface area (Å²) >= 11 is 0. The lowest BCUT2D eigenvalue weighted by Gasteiger charge is -2.27. The van der Waals surface area contributed by atoms with Crippen molar-refractivity contribution >= 4 is 44.7 Å². The molecule has 8 heteroatoms. The molecule has 2 unspecified atom stereocenters. The maximum absolute atomic E-state index is 14.5. The standard InChI is InChI=1S/C52H64N2O6/c1-3-5-7-11-28-53(51(55)43-22-20-41-34-47(26-24-39(41)32-43)57-30-13-9-18-49-37-59-49)45-16-15-17-46(36-45)54(29-12-8-6-4-2)52(56)44-23-21-42-35-48(27-25-40(42)33-44)58-31-14-10-19-50-38-60-50/h15-17,20-27,32-36,49-50H,3-14,18-19,28-31,37-38H2,1-2H3. The van der Waals surface area contributed by atoms with Crippen LogP contribution >= 0.6 is 0 Å². The van der Waals surface area contributed by atoms with Gasteiger partial charge in [-0.15, -0.1) is 0 Å². The van der Waals surface area contributed by atoms with E-state index in [0.29, 0.717) is 49.6 Å². The van der Waals surface area contributed by atoms with Gasteiger partial charge in [0.2, 0.25) is 0 Å². The van der Waals surface area contributed by atoms with E-state index in [9.17, 15) is 9.59 Å². The van der Waals surface area contributed by atoms with Crippen LogP contribution in [0.2, 0.25) is 0 Å². The van der Waals surface area contributed by atoms with E-state index in [1.165, 1.54) is 0 Å². The summed E-state index contributed by atoms with van der Waals surface area (Å²) in [7, 11) is 0. The smallest absolute Gasteiger partial charge is 0.258 e. The molecule has 0 spiro atoms. The van der Waals surface area contributed by atoms with Crippen molar-refractivity contribution in [2.75, 3.05) is 49.3 Å². The quantitative estimate of drug-likeness (QED) is 0.0408. The number of amides is 2. The number of fused-ring (bicyclic) bond motifs is 2. The summed E-state index contributed by atoms with van der Waals surface area (Å²) in [5.74, 6) is 1.60. The molecule has 5 aromatic rings. The second kappa shape index (κ2) is 22.1. The number of unbranched alkanes of at least 4 members (excludes halogenated alkanes) is 8. The Labute approximate surface area is 357 Å². The first kappa shape index (κ1) is 43.2. The van der Waals surface area contributed by atoms with E-state index in [0.717, 1.165) is 148 Å². The van der Waals surface area contributed by atoms with Crippen molar-refractivity contribution in [1.82, 2.24) is 0 Å². The minimum Gasteiger partial charge on any atom is -0.494 e. The highest BCUT2D eigenvalue weighted by Crippen LogP contribution is 2.30. The number of epoxide rings is 2. The highest BCUT2D eigenvalue weighted by molar-refractivity contribution is 6.10. The SMILES string of the molecule is CCCCCCN(C(=O)c1ccc2cc(OCCCCC3CO3)ccc2c1)c1cccc(N(CCCCCC)C(=O)c2ccc3cc(OCCCCC4CO4)ccc3c2)c1. The molecule has 2 aliphatic rings. The topological polar surface area (TPSA) is 84.1 Å². The highest BCUT2D eigenvalue weighted by Gasteiger charge is 2.24. The summed E-state index contributed by atoms with van der Waals surface area (Å²) < 4.78 is 22.8. The molecule has 2 heterocycles. The predicted octanol–water partition coefficient (Wildman–Crippen LogP) is 12.3. The molecule has 2 amide bonds. The number of rotatable bonds is 26. The van der Waals surface area contributed by atoms with Crippen molar-refractivity contribution in [2.24, 2.45) is 0 Å². The van der Waals surface area contributed by atoms with Crippen LogP contribution in [0.4, 0.5) is 11.4 Å². The molecule has 0 aliphatic carbocycles. The van der Waals surface area contributed by atoms with E-state index in [2.05, 4.69) is 26.0 Å². The van der Waals surface area contributed by atoms with E-state index < -0.39 is 0 Å². The van der Waals surface area contributed by atoms with Gasteiger partial charge in [-0.05, 0) is 140 Å². The van der Waals surface area contributed by atoms with Crippen LogP contribution in [0, 0.1) is 0 Å². The van der Waals surface area contributed by atoms with Crippen LogP contribution in [0.3, 0.4) is 0 Å². The van der Waals surface area contributed by atoms with Crippen molar-refractivity contribution in [3.8, 4) is 11.5 Å². The Hall–Kier alpha value is -4.92. The lowest BCUT2D eigenvalue weighted by molar-refractivity contribution is 0.0980. The van der Waals surface area contributed by atoms with Crippen LogP contribution in [0.15, 0.2) is 97.1 Å². The number of carbonyl (C=O) groups excluding carboxylic acids is 2. The summed E-state index contributed by atoms with van der Waals surface area (Å²) in [6.45, 7) is 8.75. The molecule has 8 nitrogen and oxygen atoms in total. The fourth-order valence-electron chi connectivity index (χ4n) is 7.92. The van der Waals surface area contributed by atoms with Crippen LogP contribution in [0.1, 0.15) is 124 Å². The van der Waals surface area contributed by atoms with Gasteiger partial charge in [-0.3, -0.25) is 9.59 Å². The van der Waals surface area contributed by atoms with E-state index in [-0.39, 0.29) is 11.8 Å². The molecule has 5 aromatic carbocycles. The Morgan fingerprint density at radius 1 is 0.517 bits per heavy atom. The first-order chi connectivity index (χ1) is 29.5. The Balaban J connectivity index is 1.08. The molecule has 2 atom stereocenters. The third kappa shape index (κ3) is 12.6. The number of nitrogens with zero attached hydrogens (tertiary/aromatic N) is 2. The van der Waals surface area contributed by atoms with Crippen molar-refractivity contribution in [2.45, 2.75) is 116 Å². The van der Waals surface area contributed by atoms with Gasteiger partial charge in [0, 0.05) is 35.6 Å². The van der Waals surface area contributed by atoms with E-state index in [1.54, 1.807) is 0 Å². The summed E-state index contributed by atoms with van der Waals surface area (Å²) in [5.41, 5.74) is 2.87. The third-order valence-electron chi connectivity index (χ3n) is 11.7. The van der Waals surface area contributed by atoms with Crippen LogP contribution in [0.5, 0.6) is 11.5 Å². The average molecular weight is 813 g/mol. The Morgan fingerprint density at radius 3 is 1.38 bits per heavy atom. The van der Waals surface area contributed by atoms with Crippen molar-refractivity contribution < 1.29 is 28.5 Å². The number of hydrogen-bond donors (Lipinski definition) is 0. The zero-order valence-corrected chi connectivity index (χ0v) is 35.9. The van der Waals surface area contributed by atoms with Gasteiger partial charge >= 0.3 is 0 Å². The molecule has 2 fully saturated rings. The van der Waals surface area contributed by atoms with E-state index >= 15 is 0 Å². The summed E-state index contributed by atoms with van der Waals surface area (Å²) in [4.78, 5) is 32.8. The van der Waals surface area contributed by atoms with Gasteiger partial charge in [0.25, 0.3) is 11.8 Å². The van der Waals surface area contributed by atoms with E-state index in [1.807, 2.05) is 94.7 Å². The van der Waals surface area contributed by atoms with Gasteiger partial charge in [-0.25, -0.2) is 0 Å². The van der Waals surface area contributed by atoms with Gasteiger partial charge in [0.15, 0.2) is 0 Å². The molecule has 0 radical (unpaired) electrons. The Kier molecular flexibility index (Phi) is 15.9. The van der Waals surface area contributed by atoms with Crippen LogP contribution in [-0.2, 0) is 9.47 Å². The fourth-order valence-corrected chi connectivity index (χ4v) is 7.92. The molecule has 318 valence electrons. The minimum atomic E-state index is -0.0444. The lowest BCUT2D eigenvalue weighted by Crippen LogP contribution is -2.34. The molecule has 0 bridgehead atoms. The fraction of sp³-hybridized carbons (Fsp3) is 0.462. The Morgan fingerprint density at radius 2 is 0.950 bits per heavy atom. The molecule has 0 saturated carbocycles. The minimum absolute atomic E-state index is 0.0444. The monoisotopic (exact) mass is 812 g/mol. The maximum atomic E-state index is 14.5. The molecule has 0 N–H and O–H groups in total. The second-order valence-electron chi connectivity index (χ2n) is 16.6. The first-order valence-electron chi connectivity index (χ1n) is 22.8. The molecule has 2 saturated heterocycles. The summed E-state index contributed by atoms with van der Waals surface area (Å²) in [5, 5.41) is 4.07. The van der Waals surface area contributed by atoms with Crippen LogP contribution < -0.4 is 19.3 Å². The van der Waals surface area contributed by atoms with Gasteiger partial charge in [-0.2, -0.15) is 0 Å². The van der Waals surface area contributed by atoms with Gasteiger partial charge < -0.3 is 28.7 Å². The zero-order chi connectivity index (χ0) is 41.5. The van der Waals surface area contributed by atoms with Crippen molar-refractivity contribution in [1.29, 1.82) is 0 Å². The zero-order valence-electron chi connectivity index (χ0n) is 35.9. The first-order valence-corrected chi connectivity index (χ1v) is 22.8. The maximum Gasteiger partial charge on any atom is 0.258 e. The predicted molar refractivity (Wildman–Crippen MR) is 244 cm³/mol. The number of carbonyl (C=O) groups is 2. The summed E-state index contributed by atoms with van der Waals surface area (Å²) in [6.07, 6.45) is 15.7. The molecule has 7 rings (SSSR count). The average Bonchev–Trinajstić information content (AvgIpc) is 4.23. The van der Waals surface area contributed by atoms with Crippen LogP contribution in [0.25, 0.3) is 21.5 Å². The van der Waals surface area contributed by atoms with Gasteiger partial charge in [0.05, 0.1) is 38.6 Å². The molecule has 2 aliphatic heterocycles. The molecular formula is C52H64N2O6. The third-order valence-corrected chi connectivity index (χ3v) is 11.7. The molecule has 60 heavy (non-hydrogen) atoms. The lowest BCUT2D eigenvalue weighted by atomic mass is 10.0. The second-order valence-corrected chi connectivity index (χ2v) is 16.6. The largest absolute Gasteiger partial charge is 0.494 e. The number of anilines is 2. The number of ether oxygens (including phenoxy) is 4. The molecular weight excluding hydrogens is 749 g/mol. The van der Waals surface area contributed by atoms with Gasteiger partial charge in [-0.1, -0.05) is 82.7 Å². The van der Waals surface area contributed by atoms with Crippen LogP contribution in [-0.4, -0.2) is 63.5 Å². The molecule has 0 aromatic heterocycles. The number of benzene rings is 5. The Bertz CT molecular complexity index is 2010. The number of hydrogen-bond acceptors (Lipinski definition) is 6. The summed E-state index contributed by atoms with van der Waals surface area (Å²) in [6, 6.07) is 32.1. The van der Waals surface area contributed by atoms with Crippen molar-refractivity contribution in [3.05, 3.63) is 108 Å². The van der Waals surface area contributed by atoms with E-state index in [4.69, 9.17) is 18.9 Å². The highest BCUT2D eigenvalue weighted by atomic mass is 16.6.